The summed E-state index contributed by atoms with van der Waals surface area (Å²) in [6.07, 6.45) is 0. The van der Waals surface area contributed by atoms with Crippen LogP contribution in [0.25, 0.3) is 10.3 Å². The lowest BCUT2D eigenvalue weighted by atomic mass is 10.2. The first-order valence-electron chi connectivity index (χ1n) is 4.32. The van der Waals surface area contributed by atoms with E-state index in [0.717, 1.165) is 20.9 Å². The van der Waals surface area contributed by atoms with Gasteiger partial charge in [0.15, 0.2) is 5.78 Å². The number of hydrogen-bond acceptors (Lipinski definition) is 4. The Morgan fingerprint density at radius 3 is 2.86 bits per heavy atom. The number of nitrogens with two attached hydrogens (primary N) is 1. The minimum absolute atomic E-state index is 0.0353. The monoisotopic (exact) mass is 209 g/mol. The molecule has 0 radical (unpaired) electrons. The summed E-state index contributed by atoms with van der Waals surface area (Å²) in [7, 11) is 0. The third-order valence-corrected chi connectivity index (χ3v) is 3.05. The molecule has 0 saturated carbocycles. The predicted octanol–water partition coefficient (Wildman–Crippen LogP) is 1.38. The Balaban J connectivity index is 2.64. The fourth-order valence-corrected chi connectivity index (χ4v) is 2.35. The maximum absolute atomic E-state index is 11.4. The van der Waals surface area contributed by atoms with Crippen LogP contribution in [0.4, 0.5) is 0 Å². The number of rotatable bonds is 2. The summed E-state index contributed by atoms with van der Waals surface area (Å²) in [4.78, 5) is 19.8. The van der Waals surface area contributed by atoms with E-state index in [1.54, 1.807) is 11.3 Å². The molecule has 2 rings (SSSR count). The molecule has 4 nitrogen and oxygen atoms in total. The molecule has 0 fully saturated rings. The lowest BCUT2D eigenvalue weighted by molar-refractivity contribution is 0.0997. The lowest BCUT2D eigenvalue weighted by Crippen LogP contribution is -2.14. The van der Waals surface area contributed by atoms with Gasteiger partial charge in [-0.05, 0) is 13.8 Å². The van der Waals surface area contributed by atoms with E-state index < -0.39 is 0 Å². The van der Waals surface area contributed by atoms with E-state index in [-0.39, 0.29) is 12.3 Å². The zero-order valence-corrected chi connectivity index (χ0v) is 8.86. The van der Waals surface area contributed by atoms with Gasteiger partial charge in [0.1, 0.15) is 10.3 Å². The minimum Gasteiger partial charge on any atom is -0.342 e. The molecule has 0 bridgehead atoms. The first-order valence-corrected chi connectivity index (χ1v) is 5.14. The molecule has 0 unspecified atom stereocenters. The third kappa shape index (κ3) is 1.25. The topological polar surface area (TPSA) is 71.8 Å². The van der Waals surface area contributed by atoms with E-state index in [9.17, 15) is 4.79 Å². The number of aromatic amines is 1. The van der Waals surface area contributed by atoms with E-state index >= 15 is 0 Å². The zero-order chi connectivity index (χ0) is 10.3. The molecule has 2 aromatic rings. The van der Waals surface area contributed by atoms with Gasteiger partial charge in [-0.1, -0.05) is 0 Å². The average molecular weight is 209 g/mol. The largest absolute Gasteiger partial charge is 0.342 e. The number of fused-ring (bicyclic) bond motifs is 1. The summed E-state index contributed by atoms with van der Waals surface area (Å²) in [5.41, 5.74) is 7.70. The predicted molar refractivity (Wildman–Crippen MR) is 56.8 cm³/mol. The number of aryl methyl sites for hydroxylation is 2. The van der Waals surface area contributed by atoms with Gasteiger partial charge >= 0.3 is 0 Å². The van der Waals surface area contributed by atoms with Crippen molar-refractivity contribution in [3.8, 4) is 0 Å². The number of Topliss-reactive ketones (excluding diaryl/α,β-unsaturated/α-hetero) is 1. The van der Waals surface area contributed by atoms with Crippen molar-refractivity contribution >= 4 is 27.5 Å². The molecule has 2 heterocycles. The molecule has 2 aromatic heterocycles. The molecule has 74 valence electrons. The summed E-state index contributed by atoms with van der Waals surface area (Å²) in [6, 6.07) is 0. The Morgan fingerprint density at radius 2 is 2.29 bits per heavy atom. The van der Waals surface area contributed by atoms with E-state index in [2.05, 4.69) is 9.97 Å². The third-order valence-electron chi connectivity index (χ3n) is 2.17. The normalized spacial score (nSPS) is 11.1. The molecule has 3 N–H and O–H groups in total. The van der Waals surface area contributed by atoms with Crippen LogP contribution in [-0.4, -0.2) is 22.3 Å². The van der Waals surface area contributed by atoms with Crippen LogP contribution in [0.5, 0.6) is 0 Å². The van der Waals surface area contributed by atoms with Crippen molar-refractivity contribution in [3.63, 3.8) is 0 Å². The van der Waals surface area contributed by atoms with Gasteiger partial charge < -0.3 is 10.7 Å². The summed E-state index contributed by atoms with van der Waals surface area (Å²) in [6.45, 7) is 3.87. The molecule has 0 spiro atoms. The molecular formula is C9H11N3OS. The molecule has 14 heavy (non-hydrogen) atoms. The second kappa shape index (κ2) is 3.18. The smallest absolute Gasteiger partial charge is 0.192 e. The summed E-state index contributed by atoms with van der Waals surface area (Å²) in [5.74, 6) is -0.0645. The molecule has 0 atom stereocenters. The van der Waals surface area contributed by atoms with Crippen LogP contribution in [-0.2, 0) is 0 Å². The molecule has 0 aliphatic heterocycles. The van der Waals surface area contributed by atoms with Gasteiger partial charge in [-0.25, -0.2) is 4.98 Å². The number of aromatic nitrogens is 2. The Labute approximate surface area is 85.1 Å². The number of carbonyl (C=O) groups is 1. The maximum atomic E-state index is 11.4. The standard InChI is InChI=1S/C9H11N3OS/c1-4-7(6(13)3-10)12-9-8(4)11-5(2)14-9/h12H,3,10H2,1-2H3. The number of ketones is 1. The average Bonchev–Trinajstić information content (AvgIpc) is 2.64. The Hall–Kier alpha value is -1.20. The Bertz CT molecular complexity index is 497. The van der Waals surface area contributed by atoms with Crippen molar-refractivity contribution in [3.05, 3.63) is 16.3 Å². The van der Waals surface area contributed by atoms with Gasteiger partial charge in [0.2, 0.25) is 0 Å². The number of nitrogens with zero attached hydrogens (tertiary/aromatic N) is 1. The van der Waals surface area contributed by atoms with Crippen LogP contribution in [0.1, 0.15) is 21.1 Å². The molecule has 5 heteroatoms. The van der Waals surface area contributed by atoms with Gasteiger partial charge in [-0.3, -0.25) is 4.79 Å². The zero-order valence-electron chi connectivity index (χ0n) is 8.05. The fourth-order valence-electron chi connectivity index (χ4n) is 1.47. The molecule has 0 aliphatic carbocycles. The van der Waals surface area contributed by atoms with Crippen LogP contribution in [0.3, 0.4) is 0 Å². The molecule has 0 amide bonds. The van der Waals surface area contributed by atoms with Crippen molar-refractivity contribution < 1.29 is 4.79 Å². The van der Waals surface area contributed by atoms with Crippen LogP contribution >= 0.6 is 11.3 Å². The second-order valence-corrected chi connectivity index (χ2v) is 4.37. The summed E-state index contributed by atoms with van der Waals surface area (Å²) >= 11 is 1.56. The highest BCUT2D eigenvalue weighted by atomic mass is 32.1. The van der Waals surface area contributed by atoms with Gasteiger partial charge in [0.25, 0.3) is 0 Å². The van der Waals surface area contributed by atoms with Crippen molar-refractivity contribution in [2.75, 3.05) is 6.54 Å². The van der Waals surface area contributed by atoms with Crippen LogP contribution in [0.15, 0.2) is 0 Å². The van der Waals surface area contributed by atoms with E-state index in [1.807, 2.05) is 13.8 Å². The molecule has 0 saturated heterocycles. The molecular weight excluding hydrogens is 198 g/mol. The number of nitrogens with one attached hydrogen (secondary N) is 1. The van der Waals surface area contributed by atoms with Gasteiger partial charge in [0, 0.05) is 5.56 Å². The fraction of sp³-hybridized carbons (Fsp3) is 0.333. The number of carbonyl (C=O) groups excluding carboxylic acids is 1. The van der Waals surface area contributed by atoms with E-state index in [0.29, 0.717) is 5.69 Å². The SMILES string of the molecule is Cc1nc2c(C)c(C(=O)CN)[nH]c2s1. The highest BCUT2D eigenvalue weighted by molar-refractivity contribution is 7.18. The van der Waals surface area contributed by atoms with E-state index in [1.165, 1.54) is 0 Å². The number of thiazole rings is 1. The van der Waals surface area contributed by atoms with Crippen LogP contribution < -0.4 is 5.73 Å². The maximum Gasteiger partial charge on any atom is 0.192 e. The summed E-state index contributed by atoms with van der Waals surface area (Å²) < 4.78 is 0. The lowest BCUT2D eigenvalue weighted by Gasteiger charge is -1.94. The minimum atomic E-state index is -0.0645. The van der Waals surface area contributed by atoms with Crippen LogP contribution in [0.2, 0.25) is 0 Å². The van der Waals surface area contributed by atoms with Crippen molar-refractivity contribution in [1.82, 2.24) is 9.97 Å². The molecule has 0 aliphatic rings. The molecule has 0 aromatic carbocycles. The Morgan fingerprint density at radius 1 is 1.57 bits per heavy atom. The van der Waals surface area contributed by atoms with Crippen molar-refractivity contribution in [2.45, 2.75) is 13.8 Å². The summed E-state index contributed by atoms with van der Waals surface area (Å²) in [5, 5.41) is 1.00. The Kier molecular flexibility index (Phi) is 2.13. The van der Waals surface area contributed by atoms with E-state index in [4.69, 9.17) is 5.73 Å². The first kappa shape index (κ1) is 9.36. The first-order chi connectivity index (χ1) is 6.63. The highest BCUT2D eigenvalue weighted by Gasteiger charge is 2.15. The highest BCUT2D eigenvalue weighted by Crippen LogP contribution is 2.26. The van der Waals surface area contributed by atoms with Crippen LogP contribution in [0, 0.1) is 13.8 Å². The van der Waals surface area contributed by atoms with Gasteiger partial charge in [-0.15, -0.1) is 11.3 Å². The van der Waals surface area contributed by atoms with Crippen molar-refractivity contribution in [2.24, 2.45) is 5.73 Å². The van der Waals surface area contributed by atoms with Gasteiger partial charge in [0.05, 0.1) is 17.2 Å². The quantitative estimate of drug-likeness (QED) is 0.734. The van der Waals surface area contributed by atoms with Gasteiger partial charge in [-0.2, -0.15) is 0 Å². The number of H-pyrrole nitrogens is 1. The second-order valence-electron chi connectivity index (χ2n) is 3.16. The number of hydrogen-bond donors (Lipinski definition) is 2. The van der Waals surface area contributed by atoms with Crippen molar-refractivity contribution in [1.29, 1.82) is 0 Å².